The highest BCUT2D eigenvalue weighted by atomic mass is 35.5. The average molecular weight is 462 g/mol. The van der Waals surface area contributed by atoms with E-state index in [-0.39, 0.29) is 17.9 Å². The van der Waals surface area contributed by atoms with Crippen molar-refractivity contribution in [2.75, 3.05) is 6.61 Å². The number of carbonyl (C=O) groups excluding carboxylic acids is 2. The van der Waals surface area contributed by atoms with Crippen molar-refractivity contribution >= 4 is 29.1 Å². The molecule has 1 aliphatic heterocycles. The van der Waals surface area contributed by atoms with Crippen LogP contribution in [0.25, 0.3) is 5.76 Å². The third-order valence-electron chi connectivity index (χ3n) is 5.50. The number of rotatable bonds is 7. The predicted molar refractivity (Wildman–Crippen MR) is 128 cm³/mol. The van der Waals surface area contributed by atoms with Crippen LogP contribution < -0.4 is 4.74 Å². The van der Waals surface area contributed by atoms with E-state index in [2.05, 4.69) is 0 Å². The molecule has 4 rings (SSSR count). The van der Waals surface area contributed by atoms with Gasteiger partial charge in [0.2, 0.25) is 0 Å². The lowest BCUT2D eigenvalue weighted by molar-refractivity contribution is -0.140. The van der Waals surface area contributed by atoms with Crippen molar-refractivity contribution in [2.45, 2.75) is 25.9 Å². The Morgan fingerprint density at radius 1 is 1.00 bits per heavy atom. The molecule has 1 fully saturated rings. The van der Waals surface area contributed by atoms with Crippen LogP contribution in [0.1, 0.15) is 36.1 Å². The molecule has 0 aliphatic carbocycles. The number of ketones is 1. The Balaban J connectivity index is 1.81. The fraction of sp³-hybridized carbons (Fsp3) is 0.185. The van der Waals surface area contributed by atoms with Crippen molar-refractivity contribution in [3.05, 3.63) is 106 Å². The third kappa shape index (κ3) is 4.78. The van der Waals surface area contributed by atoms with Crippen LogP contribution >= 0.6 is 11.6 Å². The van der Waals surface area contributed by atoms with Gasteiger partial charge in [0.25, 0.3) is 11.7 Å². The zero-order valence-electron chi connectivity index (χ0n) is 18.2. The fourth-order valence-corrected chi connectivity index (χ4v) is 4.05. The second-order valence-electron chi connectivity index (χ2n) is 7.84. The highest BCUT2D eigenvalue weighted by Crippen LogP contribution is 2.40. The molecule has 0 bridgehead atoms. The number of benzene rings is 3. The van der Waals surface area contributed by atoms with Crippen molar-refractivity contribution in [1.82, 2.24) is 4.90 Å². The summed E-state index contributed by atoms with van der Waals surface area (Å²) < 4.78 is 5.67. The molecule has 6 heteroatoms. The van der Waals surface area contributed by atoms with E-state index < -0.39 is 17.7 Å². The minimum Gasteiger partial charge on any atom is -0.507 e. The molecular formula is C27H24ClNO4. The van der Waals surface area contributed by atoms with Crippen LogP contribution in [-0.2, 0) is 16.1 Å². The van der Waals surface area contributed by atoms with Crippen LogP contribution in [0.4, 0.5) is 0 Å². The molecule has 3 aromatic carbocycles. The molecule has 5 nitrogen and oxygen atoms in total. The average Bonchev–Trinajstić information content (AvgIpc) is 3.08. The lowest BCUT2D eigenvalue weighted by atomic mass is 9.95. The first-order chi connectivity index (χ1) is 16.0. The van der Waals surface area contributed by atoms with Gasteiger partial charge in [0.1, 0.15) is 11.5 Å². The van der Waals surface area contributed by atoms with Gasteiger partial charge in [0.15, 0.2) is 0 Å². The van der Waals surface area contributed by atoms with E-state index in [4.69, 9.17) is 16.3 Å². The number of carbonyl (C=O) groups is 2. The second-order valence-corrected chi connectivity index (χ2v) is 8.28. The molecule has 0 radical (unpaired) electrons. The smallest absolute Gasteiger partial charge is 0.295 e. The van der Waals surface area contributed by atoms with Crippen LogP contribution in [0.3, 0.4) is 0 Å². The van der Waals surface area contributed by atoms with Crippen LogP contribution in [0.2, 0.25) is 5.02 Å². The summed E-state index contributed by atoms with van der Waals surface area (Å²) >= 11 is 6.07. The highest BCUT2D eigenvalue weighted by molar-refractivity contribution is 6.46. The van der Waals surface area contributed by atoms with E-state index in [1.807, 2.05) is 37.3 Å². The molecular weight excluding hydrogens is 438 g/mol. The third-order valence-corrected chi connectivity index (χ3v) is 5.75. The van der Waals surface area contributed by atoms with E-state index in [0.717, 1.165) is 12.0 Å². The molecule has 0 saturated carbocycles. The maximum absolute atomic E-state index is 13.2. The molecule has 33 heavy (non-hydrogen) atoms. The summed E-state index contributed by atoms with van der Waals surface area (Å²) in [5, 5.41) is 11.8. The van der Waals surface area contributed by atoms with Gasteiger partial charge in [-0.1, -0.05) is 73.1 Å². The number of amides is 1. The first kappa shape index (κ1) is 22.6. The van der Waals surface area contributed by atoms with Crippen molar-refractivity contribution in [2.24, 2.45) is 0 Å². The number of Topliss-reactive ketones (excluding diaryl/α,β-unsaturated/α-hetero) is 1. The topological polar surface area (TPSA) is 66.8 Å². The predicted octanol–water partition coefficient (Wildman–Crippen LogP) is 5.75. The maximum Gasteiger partial charge on any atom is 0.295 e. The quantitative estimate of drug-likeness (QED) is 0.276. The number of aliphatic hydroxyl groups is 1. The van der Waals surface area contributed by atoms with Gasteiger partial charge in [-0.05, 0) is 41.8 Å². The summed E-state index contributed by atoms with van der Waals surface area (Å²) in [5.41, 5.74) is 2.04. The Kier molecular flexibility index (Phi) is 6.80. The minimum atomic E-state index is -0.748. The molecule has 168 valence electrons. The van der Waals surface area contributed by atoms with Gasteiger partial charge in [-0.2, -0.15) is 0 Å². The SMILES string of the molecule is CCCOc1cccc(/C(O)=C2\C(=O)C(=O)N(Cc3ccccc3)C2c2ccc(Cl)cc2)c1. The van der Waals surface area contributed by atoms with E-state index in [9.17, 15) is 14.7 Å². The van der Waals surface area contributed by atoms with Gasteiger partial charge in [0, 0.05) is 17.1 Å². The van der Waals surface area contributed by atoms with E-state index >= 15 is 0 Å². The molecule has 1 unspecified atom stereocenters. The normalized spacial score (nSPS) is 17.4. The summed E-state index contributed by atoms with van der Waals surface area (Å²) in [6.07, 6.45) is 0.845. The molecule has 1 amide bonds. The molecule has 1 N–H and O–H groups in total. The molecule has 0 aromatic heterocycles. The standard InChI is InChI=1S/C27H24ClNO4/c1-2-15-33-22-10-6-9-20(16-22)25(30)23-24(19-11-13-21(28)14-12-19)29(27(32)26(23)31)17-18-7-4-3-5-8-18/h3-14,16,24,30H,2,15,17H2,1H3/b25-23+. The first-order valence-corrected chi connectivity index (χ1v) is 11.2. The second kappa shape index (κ2) is 9.92. The van der Waals surface area contributed by atoms with Gasteiger partial charge >= 0.3 is 0 Å². The molecule has 1 saturated heterocycles. The zero-order valence-corrected chi connectivity index (χ0v) is 19.0. The van der Waals surface area contributed by atoms with Gasteiger partial charge in [-0.25, -0.2) is 0 Å². The van der Waals surface area contributed by atoms with Crippen molar-refractivity contribution < 1.29 is 19.4 Å². The lowest BCUT2D eigenvalue weighted by Gasteiger charge is -2.25. The summed E-state index contributed by atoms with van der Waals surface area (Å²) in [4.78, 5) is 27.7. The Morgan fingerprint density at radius 3 is 2.42 bits per heavy atom. The number of aliphatic hydroxyl groups excluding tert-OH is 1. The maximum atomic E-state index is 13.2. The summed E-state index contributed by atoms with van der Waals surface area (Å²) in [6, 6.07) is 22.5. The van der Waals surface area contributed by atoms with Crippen LogP contribution in [-0.4, -0.2) is 28.3 Å². The Hall–Kier alpha value is -3.57. The number of nitrogens with zero attached hydrogens (tertiary/aromatic N) is 1. The van der Waals surface area contributed by atoms with Crippen molar-refractivity contribution in [3.8, 4) is 5.75 Å². The number of ether oxygens (including phenoxy) is 1. The van der Waals surface area contributed by atoms with Crippen LogP contribution in [0, 0.1) is 0 Å². The van der Waals surface area contributed by atoms with Gasteiger partial charge < -0.3 is 14.7 Å². The van der Waals surface area contributed by atoms with Crippen LogP contribution in [0.15, 0.2) is 84.4 Å². The van der Waals surface area contributed by atoms with Gasteiger partial charge in [0.05, 0.1) is 18.2 Å². The highest BCUT2D eigenvalue weighted by Gasteiger charge is 2.46. The number of likely N-dealkylation sites (tertiary alicyclic amines) is 1. The van der Waals surface area contributed by atoms with E-state index in [1.54, 1.807) is 48.5 Å². The van der Waals surface area contributed by atoms with E-state index in [0.29, 0.717) is 28.5 Å². The van der Waals surface area contributed by atoms with E-state index in [1.165, 1.54) is 4.90 Å². The first-order valence-electron chi connectivity index (χ1n) is 10.8. The molecule has 3 aromatic rings. The molecule has 1 heterocycles. The molecule has 1 atom stereocenters. The molecule has 0 spiro atoms. The largest absolute Gasteiger partial charge is 0.507 e. The Labute approximate surface area is 197 Å². The Morgan fingerprint density at radius 2 is 1.73 bits per heavy atom. The lowest BCUT2D eigenvalue weighted by Crippen LogP contribution is -2.29. The van der Waals surface area contributed by atoms with Crippen molar-refractivity contribution in [3.63, 3.8) is 0 Å². The fourth-order valence-electron chi connectivity index (χ4n) is 3.92. The number of halogens is 1. The van der Waals surface area contributed by atoms with Gasteiger partial charge in [-0.3, -0.25) is 9.59 Å². The summed E-state index contributed by atoms with van der Waals surface area (Å²) in [7, 11) is 0. The number of hydrogen-bond acceptors (Lipinski definition) is 4. The summed E-state index contributed by atoms with van der Waals surface area (Å²) in [6.45, 7) is 2.77. The Bertz CT molecular complexity index is 1190. The molecule has 1 aliphatic rings. The minimum absolute atomic E-state index is 0.0471. The monoisotopic (exact) mass is 461 g/mol. The van der Waals surface area contributed by atoms with Crippen molar-refractivity contribution in [1.29, 1.82) is 0 Å². The van der Waals surface area contributed by atoms with Crippen LogP contribution in [0.5, 0.6) is 5.75 Å². The zero-order chi connectivity index (χ0) is 23.4. The number of hydrogen-bond donors (Lipinski definition) is 1. The van der Waals surface area contributed by atoms with Gasteiger partial charge in [-0.15, -0.1) is 0 Å². The summed E-state index contributed by atoms with van der Waals surface area (Å²) in [5.74, 6) is -1.02.